The maximum Gasteiger partial charge on any atom is 0.190 e. The van der Waals surface area contributed by atoms with Gasteiger partial charge in [0.05, 0.1) is 6.10 Å². The Morgan fingerprint density at radius 1 is 1.04 bits per heavy atom. The Hall–Kier alpha value is -2.56. The summed E-state index contributed by atoms with van der Waals surface area (Å²) in [5.74, 6) is 1.73. The molecule has 2 rings (SSSR count). The number of nitrogens with zero attached hydrogens (tertiary/aromatic N) is 2. The van der Waals surface area contributed by atoms with Gasteiger partial charge in [0.15, 0.2) is 5.96 Å². The van der Waals surface area contributed by atoms with E-state index in [1.54, 1.807) is 7.05 Å². The van der Waals surface area contributed by atoms with Gasteiger partial charge in [-0.05, 0) is 50.1 Å². The van der Waals surface area contributed by atoms with Crippen molar-refractivity contribution in [3.05, 3.63) is 59.9 Å². The van der Waals surface area contributed by atoms with E-state index in [0.29, 0.717) is 0 Å². The first kappa shape index (κ1) is 18.8. The molecular weight excluding hydrogens is 312 g/mol. The number of nitrogens with one attached hydrogen (secondary N) is 2. The summed E-state index contributed by atoms with van der Waals surface area (Å²) in [6.07, 6.45) is 3.83. The van der Waals surface area contributed by atoms with Crippen LogP contribution >= 0.6 is 0 Å². The van der Waals surface area contributed by atoms with Gasteiger partial charge in [-0.3, -0.25) is 9.98 Å². The summed E-state index contributed by atoms with van der Waals surface area (Å²) in [5, 5.41) is 6.65. The summed E-state index contributed by atoms with van der Waals surface area (Å²) < 4.78 is 5.66. The van der Waals surface area contributed by atoms with Crippen LogP contribution in [0, 0.1) is 0 Å². The third-order valence-electron chi connectivity index (χ3n) is 3.62. The van der Waals surface area contributed by atoms with E-state index in [1.807, 2.05) is 50.4 Å². The first-order valence-electron chi connectivity index (χ1n) is 8.77. The second kappa shape index (κ2) is 10.3. The molecule has 5 heteroatoms. The smallest absolute Gasteiger partial charge is 0.190 e. The first-order valence-corrected chi connectivity index (χ1v) is 8.77. The third kappa shape index (κ3) is 7.25. The normalized spacial score (nSPS) is 11.4. The van der Waals surface area contributed by atoms with Crippen molar-refractivity contribution in [3.63, 3.8) is 0 Å². The summed E-state index contributed by atoms with van der Waals surface area (Å²) in [6.45, 7) is 5.69. The van der Waals surface area contributed by atoms with Crippen LogP contribution in [0.5, 0.6) is 5.75 Å². The molecule has 2 N–H and O–H groups in total. The van der Waals surface area contributed by atoms with Crippen molar-refractivity contribution in [2.45, 2.75) is 32.8 Å². The van der Waals surface area contributed by atoms with E-state index in [2.05, 4.69) is 32.7 Å². The van der Waals surface area contributed by atoms with Gasteiger partial charge in [0, 0.05) is 38.4 Å². The molecule has 0 amide bonds. The van der Waals surface area contributed by atoms with Crippen LogP contribution in [0.4, 0.5) is 0 Å². The average Bonchev–Trinajstić information content (AvgIpc) is 2.62. The van der Waals surface area contributed by atoms with E-state index in [9.17, 15) is 0 Å². The van der Waals surface area contributed by atoms with Crippen LogP contribution in [-0.4, -0.2) is 37.2 Å². The summed E-state index contributed by atoms with van der Waals surface area (Å²) in [6, 6.07) is 14.2. The number of pyridine rings is 1. The molecule has 0 bridgehead atoms. The predicted molar refractivity (Wildman–Crippen MR) is 103 cm³/mol. The van der Waals surface area contributed by atoms with E-state index in [-0.39, 0.29) is 6.10 Å². The fraction of sp³-hybridized carbons (Fsp3) is 0.400. The number of hydrogen-bond acceptors (Lipinski definition) is 3. The molecule has 2 aromatic rings. The molecule has 1 aromatic carbocycles. The molecule has 0 saturated carbocycles. The maximum absolute atomic E-state index is 5.66. The molecule has 1 heterocycles. The van der Waals surface area contributed by atoms with Crippen LogP contribution in [0.25, 0.3) is 0 Å². The highest BCUT2D eigenvalue weighted by molar-refractivity contribution is 5.79. The van der Waals surface area contributed by atoms with Crippen LogP contribution < -0.4 is 15.4 Å². The SMILES string of the molecule is CN=C(NCCc1ccc(OC(C)C)cc1)NCCc1ccccn1. The van der Waals surface area contributed by atoms with Crippen molar-refractivity contribution in [2.75, 3.05) is 20.1 Å². The van der Waals surface area contributed by atoms with Crippen molar-refractivity contribution in [1.82, 2.24) is 15.6 Å². The first-order chi connectivity index (χ1) is 12.2. The quantitative estimate of drug-likeness (QED) is 0.573. The van der Waals surface area contributed by atoms with Crippen molar-refractivity contribution in [1.29, 1.82) is 0 Å². The minimum Gasteiger partial charge on any atom is -0.491 e. The summed E-state index contributed by atoms with van der Waals surface area (Å²) in [5.41, 5.74) is 2.35. The van der Waals surface area contributed by atoms with Crippen molar-refractivity contribution in [3.8, 4) is 5.75 Å². The molecule has 134 valence electrons. The highest BCUT2D eigenvalue weighted by Gasteiger charge is 2.01. The maximum atomic E-state index is 5.66. The van der Waals surface area contributed by atoms with Gasteiger partial charge in [-0.25, -0.2) is 0 Å². The highest BCUT2D eigenvalue weighted by atomic mass is 16.5. The molecule has 0 aliphatic rings. The average molecular weight is 340 g/mol. The van der Waals surface area contributed by atoms with Crippen LogP contribution in [-0.2, 0) is 12.8 Å². The lowest BCUT2D eigenvalue weighted by atomic mass is 10.1. The molecule has 25 heavy (non-hydrogen) atoms. The lowest BCUT2D eigenvalue weighted by molar-refractivity contribution is 0.242. The molecule has 0 saturated heterocycles. The van der Waals surface area contributed by atoms with Gasteiger partial charge >= 0.3 is 0 Å². The molecule has 0 atom stereocenters. The standard InChI is InChI=1S/C20H28N4O/c1-16(2)25-19-9-7-17(8-10-19)11-14-23-20(21-3)24-15-12-18-6-4-5-13-22-18/h4-10,13,16H,11-12,14-15H2,1-3H3,(H2,21,23,24). The second-order valence-electron chi connectivity index (χ2n) is 6.06. The van der Waals surface area contributed by atoms with Gasteiger partial charge in [0.2, 0.25) is 0 Å². The minimum atomic E-state index is 0.202. The fourth-order valence-electron chi connectivity index (χ4n) is 2.41. The molecule has 0 radical (unpaired) electrons. The minimum absolute atomic E-state index is 0.202. The zero-order valence-electron chi connectivity index (χ0n) is 15.3. The van der Waals surface area contributed by atoms with Gasteiger partial charge < -0.3 is 15.4 Å². The summed E-state index contributed by atoms with van der Waals surface area (Å²) in [4.78, 5) is 8.57. The zero-order valence-corrected chi connectivity index (χ0v) is 15.3. The number of aromatic nitrogens is 1. The Morgan fingerprint density at radius 3 is 2.36 bits per heavy atom. The molecule has 0 fully saturated rings. The summed E-state index contributed by atoms with van der Waals surface area (Å²) in [7, 11) is 1.79. The molecule has 1 aromatic heterocycles. The molecule has 0 spiro atoms. The van der Waals surface area contributed by atoms with E-state index in [4.69, 9.17) is 4.74 Å². The number of ether oxygens (including phenoxy) is 1. The molecule has 5 nitrogen and oxygen atoms in total. The van der Waals surface area contributed by atoms with E-state index in [0.717, 1.165) is 43.3 Å². The molecule has 0 unspecified atom stereocenters. The van der Waals surface area contributed by atoms with E-state index in [1.165, 1.54) is 5.56 Å². The Bertz CT molecular complexity index is 639. The van der Waals surface area contributed by atoms with Crippen LogP contribution in [0.3, 0.4) is 0 Å². The van der Waals surface area contributed by atoms with Gasteiger partial charge in [0.1, 0.15) is 5.75 Å². The number of benzene rings is 1. The molecule has 0 aliphatic heterocycles. The molecular formula is C20H28N4O. The van der Waals surface area contributed by atoms with Crippen LogP contribution in [0.2, 0.25) is 0 Å². The Labute approximate surface area is 150 Å². The van der Waals surface area contributed by atoms with Crippen molar-refractivity contribution < 1.29 is 4.74 Å². The lowest BCUT2D eigenvalue weighted by Gasteiger charge is -2.12. The van der Waals surface area contributed by atoms with Gasteiger partial charge in [-0.15, -0.1) is 0 Å². The number of rotatable bonds is 8. The Morgan fingerprint density at radius 2 is 1.76 bits per heavy atom. The summed E-state index contributed by atoms with van der Waals surface area (Å²) >= 11 is 0. The van der Waals surface area contributed by atoms with E-state index < -0.39 is 0 Å². The van der Waals surface area contributed by atoms with Crippen molar-refractivity contribution in [2.24, 2.45) is 4.99 Å². The topological polar surface area (TPSA) is 58.5 Å². The van der Waals surface area contributed by atoms with Crippen molar-refractivity contribution >= 4 is 5.96 Å². The Balaban J connectivity index is 1.68. The lowest BCUT2D eigenvalue weighted by Crippen LogP contribution is -2.39. The van der Waals surface area contributed by atoms with Gasteiger partial charge in [-0.1, -0.05) is 18.2 Å². The number of hydrogen-bond donors (Lipinski definition) is 2. The Kier molecular flexibility index (Phi) is 7.76. The third-order valence-corrected chi connectivity index (χ3v) is 3.62. The van der Waals surface area contributed by atoms with Gasteiger partial charge in [0.25, 0.3) is 0 Å². The van der Waals surface area contributed by atoms with Crippen LogP contribution in [0.15, 0.2) is 53.7 Å². The number of aliphatic imine (C=N–C) groups is 1. The second-order valence-corrected chi connectivity index (χ2v) is 6.06. The zero-order chi connectivity index (χ0) is 17.9. The van der Waals surface area contributed by atoms with E-state index >= 15 is 0 Å². The fourth-order valence-corrected chi connectivity index (χ4v) is 2.41. The predicted octanol–water partition coefficient (Wildman–Crippen LogP) is 2.82. The molecule has 0 aliphatic carbocycles. The van der Waals surface area contributed by atoms with Crippen LogP contribution in [0.1, 0.15) is 25.1 Å². The number of guanidine groups is 1. The monoisotopic (exact) mass is 340 g/mol. The highest BCUT2D eigenvalue weighted by Crippen LogP contribution is 2.13. The largest absolute Gasteiger partial charge is 0.491 e. The van der Waals surface area contributed by atoms with Gasteiger partial charge in [-0.2, -0.15) is 0 Å².